The van der Waals surface area contributed by atoms with Crippen molar-refractivity contribution < 1.29 is 9.53 Å². The summed E-state index contributed by atoms with van der Waals surface area (Å²) in [7, 11) is 0. The molecule has 0 aromatic carbocycles. The highest BCUT2D eigenvalue weighted by atomic mass is 35.5. The Balaban J connectivity index is 2.57. The molecule has 0 amide bonds. The third kappa shape index (κ3) is 2.86. The second-order valence-electron chi connectivity index (χ2n) is 4.56. The minimum absolute atomic E-state index is 0.157. The Bertz CT molecular complexity index is 655. The van der Waals surface area contributed by atoms with Gasteiger partial charge in [0.1, 0.15) is 15.5 Å². The van der Waals surface area contributed by atoms with Gasteiger partial charge >= 0.3 is 5.97 Å². The van der Waals surface area contributed by atoms with Crippen LogP contribution >= 0.6 is 22.9 Å². The van der Waals surface area contributed by atoms with E-state index in [2.05, 4.69) is 15.3 Å². The molecule has 0 aliphatic rings. The number of nitrogens with one attached hydrogen (secondary N) is 1. The van der Waals surface area contributed by atoms with Crippen LogP contribution in [0.4, 0.5) is 5.82 Å². The van der Waals surface area contributed by atoms with Gasteiger partial charge in [-0.1, -0.05) is 0 Å². The first-order valence-electron chi connectivity index (χ1n) is 6.35. The number of hydrogen-bond acceptors (Lipinski definition) is 6. The highest BCUT2D eigenvalue weighted by Gasteiger charge is 2.21. The zero-order valence-corrected chi connectivity index (χ0v) is 13.4. The summed E-state index contributed by atoms with van der Waals surface area (Å²) >= 11 is 7.19. The van der Waals surface area contributed by atoms with Crippen LogP contribution in [0, 0.1) is 6.92 Å². The molecule has 0 saturated heterocycles. The van der Waals surface area contributed by atoms with Crippen LogP contribution in [0.3, 0.4) is 0 Å². The lowest BCUT2D eigenvalue weighted by atomic mass is 10.2. The van der Waals surface area contributed by atoms with Crippen molar-refractivity contribution in [2.75, 3.05) is 11.9 Å². The van der Waals surface area contributed by atoms with Crippen molar-refractivity contribution in [3.8, 4) is 0 Å². The third-order valence-electron chi connectivity index (χ3n) is 2.64. The standard InChI is InChI=1S/C13H16ClN3O2S/c1-5-15-10-8-7(4)9(12(18)19-6(2)3)20-11(8)17-13(14)16-10/h6H,5H2,1-4H3,(H,15,16,17). The first-order chi connectivity index (χ1) is 9.43. The molecule has 0 spiro atoms. The lowest BCUT2D eigenvalue weighted by molar-refractivity contribution is 0.0383. The maximum atomic E-state index is 12.1. The molecule has 5 nitrogen and oxygen atoms in total. The van der Waals surface area contributed by atoms with Gasteiger partial charge in [0.05, 0.1) is 11.5 Å². The molecule has 0 unspecified atom stereocenters. The number of halogens is 1. The number of carbonyl (C=O) groups is 1. The lowest BCUT2D eigenvalue weighted by Gasteiger charge is -2.07. The summed E-state index contributed by atoms with van der Waals surface area (Å²) in [5.74, 6) is 0.318. The lowest BCUT2D eigenvalue weighted by Crippen LogP contribution is -2.11. The normalized spacial score (nSPS) is 11.1. The molecule has 2 heterocycles. The van der Waals surface area contributed by atoms with Crippen molar-refractivity contribution in [2.24, 2.45) is 0 Å². The van der Waals surface area contributed by atoms with Crippen LogP contribution < -0.4 is 5.32 Å². The summed E-state index contributed by atoms with van der Waals surface area (Å²) in [6.45, 7) is 8.19. The minimum atomic E-state index is -0.334. The quantitative estimate of drug-likeness (QED) is 0.689. The molecule has 0 radical (unpaired) electrons. The summed E-state index contributed by atoms with van der Waals surface area (Å²) in [5, 5.41) is 4.14. The number of fused-ring (bicyclic) bond motifs is 1. The van der Waals surface area contributed by atoms with Gasteiger partial charge in [-0.2, -0.15) is 0 Å². The Morgan fingerprint density at radius 1 is 1.45 bits per heavy atom. The number of aromatic nitrogens is 2. The second kappa shape index (κ2) is 5.93. The second-order valence-corrected chi connectivity index (χ2v) is 5.90. The van der Waals surface area contributed by atoms with Crippen LogP contribution in [0.15, 0.2) is 0 Å². The van der Waals surface area contributed by atoms with E-state index >= 15 is 0 Å². The first kappa shape index (κ1) is 15.0. The number of esters is 1. The van der Waals surface area contributed by atoms with Crippen LogP contribution in [-0.4, -0.2) is 28.6 Å². The number of anilines is 1. The topological polar surface area (TPSA) is 64.1 Å². The molecule has 1 N–H and O–H groups in total. The molecule has 2 aromatic heterocycles. The zero-order chi connectivity index (χ0) is 14.9. The van der Waals surface area contributed by atoms with Gasteiger partial charge in [-0.3, -0.25) is 0 Å². The van der Waals surface area contributed by atoms with Crippen LogP contribution in [-0.2, 0) is 4.74 Å². The maximum absolute atomic E-state index is 12.1. The fraction of sp³-hybridized carbons (Fsp3) is 0.462. The molecule has 20 heavy (non-hydrogen) atoms. The van der Waals surface area contributed by atoms with Crippen molar-refractivity contribution in [3.63, 3.8) is 0 Å². The molecule has 7 heteroatoms. The number of carbonyl (C=O) groups excluding carboxylic acids is 1. The van der Waals surface area contributed by atoms with Gasteiger partial charge in [0.15, 0.2) is 0 Å². The van der Waals surface area contributed by atoms with Gasteiger partial charge in [0.25, 0.3) is 0 Å². The SMILES string of the molecule is CCNc1nc(Cl)nc2sc(C(=O)OC(C)C)c(C)c12. The fourth-order valence-electron chi connectivity index (χ4n) is 1.87. The number of rotatable bonds is 4. The molecular weight excluding hydrogens is 298 g/mol. The van der Waals surface area contributed by atoms with E-state index in [1.807, 2.05) is 27.7 Å². The van der Waals surface area contributed by atoms with Gasteiger partial charge in [0, 0.05) is 6.54 Å². The third-order valence-corrected chi connectivity index (χ3v) is 3.97. The van der Waals surface area contributed by atoms with Crippen LogP contribution in [0.5, 0.6) is 0 Å². The average Bonchev–Trinajstić information content (AvgIpc) is 2.66. The van der Waals surface area contributed by atoms with Crippen molar-refractivity contribution in [3.05, 3.63) is 15.7 Å². The molecule has 0 atom stereocenters. The predicted molar refractivity (Wildman–Crippen MR) is 81.9 cm³/mol. The van der Waals surface area contributed by atoms with Gasteiger partial charge in [-0.15, -0.1) is 11.3 Å². The Morgan fingerprint density at radius 3 is 2.75 bits per heavy atom. The summed E-state index contributed by atoms with van der Waals surface area (Å²) in [4.78, 5) is 21.7. The van der Waals surface area contributed by atoms with Crippen LogP contribution in [0.25, 0.3) is 10.2 Å². The van der Waals surface area contributed by atoms with Gasteiger partial charge in [-0.05, 0) is 44.9 Å². The highest BCUT2D eigenvalue weighted by molar-refractivity contribution is 7.20. The molecule has 2 rings (SSSR count). The number of ether oxygens (including phenoxy) is 1. The summed E-state index contributed by atoms with van der Waals surface area (Å²) in [5.41, 5.74) is 0.822. The van der Waals surface area contributed by atoms with E-state index in [4.69, 9.17) is 16.3 Å². The molecule has 0 aliphatic carbocycles. The molecule has 0 aliphatic heterocycles. The largest absolute Gasteiger partial charge is 0.459 e. The van der Waals surface area contributed by atoms with E-state index in [1.165, 1.54) is 11.3 Å². The Hall–Kier alpha value is -1.40. The monoisotopic (exact) mass is 313 g/mol. The van der Waals surface area contributed by atoms with E-state index < -0.39 is 0 Å². The molecule has 2 aromatic rings. The smallest absolute Gasteiger partial charge is 0.348 e. The van der Waals surface area contributed by atoms with Crippen LogP contribution in [0.2, 0.25) is 5.28 Å². The van der Waals surface area contributed by atoms with Crippen LogP contribution in [0.1, 0.15) is 36.0 Å². The molecule has 0 bridgehead atoms. The molecule has 108 valence electrons. The molecule has 0 saturated carbocycles. The van der Waals surface area contributed by atoms with Crippen molar-refractivity contribution in [1.82, 2.24) is 9.97 Å². The fourth-order valence-corrected chi connectivity index (χ4v) is 3.15. The van der Waals surface area contributed by atoms with Crippen molar-refractivity contribution >= 4 is 44.9 Å². The van der Waals surface area contributed by atoms with E-state index in [1.54, 1.807) is 0 Å². The van der Waals surface area contributed by atoms with E-state index in [-0.39, 0.29) is 17.4 Å². The Morgan fingerprint density at radius 2 is 2.15 bits per heavy atom. The van der Waals surface area contributed by atoms with Gasteiger partial charge in [-0.25, -0.2) is 14.8 Å². The molecular formula is C13H16ClN3O2S. The summed E-state index contributed by atoms with van der Waals surface area (Å²) in [6, 6.07) is 0. The zero-order valence-electron chi connectivity index (χ0n) is 11.8. The summed E-state index contributed by atoms with van der Waals surface area (Å²) in [6.07, 6.45) is -0.157. The number of hydrogen-bond donors (Lipinski definition) is 1. The highest BCUT2D eigenvalue weighted by Crippen LogP contribution is 2.35. The van der Waals surface area contributed by atoms with Gasteiger partial charge in [0.2, 0.25) is 5.28 Å². The average molecular weight is 314 g/mol. The maximum Gasteiger partial charge on any atom is 0.348 e. The summed E-state index contributed by atoms with van der Waals surface area (Å²) < 4.78 is 5.25. The van der Waals surface area contributed by atoms with Crippen molar-refractivity contribution in [1.29, 1.82) is 0 Å². The van der Waals surface area contributed by atoms with E-state index in [9.17, 15) is 4.79 Å². The van der Waals surface area contributed by atoms with Crippen molar-refractivity contribution in [2.45, 2.75) is 33.8 Å². The first-order valence-corrected chi connectivity index (χ1v) is 7.55. The Labute approximate surface area is 126 Å². The number of thiophene rings is 1. The number of nitrogens with zero attached hydrogens (tertiary/aromatic N) is 2. The number of aryl methyl sites for hydroxylation is 1. The van der Waals surface area contributed by atoms with Gasteiger partial charge < -0.3 is 10.1 Å². The molecule has 0 fully saturated rings. The predicted octanol–water partition coefficient (Wildman–Crippen LogP) is 3.65. The van der Waals surface area contributed by atoms with E-state index in [0.717, 1.165) is 10.9 Å². The Kier molecular flexibility index (Phi) is 4.45. The van der Waals surface area contributed by atoms with E-state index in [0.29, 0.717) is 22.1 Å². The minimum Gasteiger partial charge on any atom is -0.459 e.